The minimum Gasteiger partial charge on any atom is -0.396 e. The molecular weight excluding hydrogens is 2060 g/mol. The molecule has 880 valence electrons. The lowest BCUT2D eigenvalue weighted by Crippen LogP contribution is -2.67. The maximum absolute atomic E-state index is 10.4. The van der Waals surface area contributed by atoms with Crippen LogP contribution in [0.25, 0.3) is 0 Å². The van der Waals surface area contributed by atoms with Crippen molar-refractivity contribution in [2.24, 2.45) is 23.3 Å². The van der Waals surface area contributed by atoms with Crippen LogP contribution in [0.5, 0.6) is 0 Å². The van der Waals surface area contributed by atoms with Gasteiger partial charge in [0.15, 0.2) is 62.9 Å². The standard InChI is InChI=1S/C19H34O15.C13H24O10.C12H24N2O9.3C12H22O11/c20-2-8-12(25)15(28)16(29)18(32-8)31-4-6-1-7(11(24)14(27)10(6)23)33-19(5-22)17(30)13(26)9(3-21)34-19;14-2-4-1-5(8(17)9(18)7(4)16)22-12-6(3-15)23-13(21)11(20)10(12)19;13-5-9(19)10(4(2-16)21-11(5)20)23-12-6(14)8(18)7(17)3(1-15)22-12;13-1-3-5(15)6(16)9(19)12(22-3)23-10-4(2-14)21-11(20)8(18)7(10)17;13-1-3-5(14)8(17)10(19)12(23-3)21-2-4-6(15)7(16)9(18)11(20)22-4;13-1-3-5(15)7(17)9(19)11(21-3)23-12-10(20)8(18)6(16)4(2-14)22-12/h6-18,20-30H,1-5H2;4-21H,1-3H2;3-12,15-20H,1-2,13-14H2;3*3-20H,1-2H2/t6-,7?,8-,9-,10-,11+,12+,13-,14+,15+,16-,17+,18?,19-;4-,5-,6-,7-,8+,9+,10-,11-,12-,13-;3-,4-,5-,6-,7-,8-,9-,10-,11-,12+;3-,4-,5+,6+,7-,8-,9-,10-,11+,12+;3-,4-,5-,6-,7+,8+,9-,10-,11-,12-;3-,4-,5-,6-,7+,8+,9-,10+,11-,12-/m111111/s1. The first-order chi connectivity index (χ1) is 70.0. The molecule has 0 spiro atoms. The predicted molar refractivity (Wildman–Crippen MR) is 455 cm³/mol. The zero-order valence-corrected chi connectivity index (χ0v) is 78.6. The monoisotopic (exact) mass is 2210 g/mol. The summed E-state index contributed by atoms with van der Waals surface area (Å²) >= 11 is 0. The number of nitrogens with two attached hydrogens (primary N) is 2. The van der Waals surface area contributed by atoms with Crippen molar-refractivity contribution >= 4 is 0 Å². The van der Waals surface area contributed by atoms with Crippen LogP contribution in [-0.4, -0.2) is 723 Å². The Labute approximate surface area is 841 Å². The van der Waals surface area contributed by atoms with Crippen molar-refractivity contribution in [3.63, 3.8) is 0 Å². The number of hydrogen-bond acceptors (Lipinski definition) is 69. The van der Waals surface area contributed by atoms with Crippen LogP contribution in [-0.2, 0) is 85.3 Å². The summed E-state index contributed by atoms with van der Waals surface area (Å²) in [7, 11) is 0. The third kappa shape index (κ3) is 30.6. The Hall–Kier alpha value is -2.76. The van der Waals surface area contributed by atoms with Gasteiger partial charge in [0.1, 0.15) is 281 Å². The predicted octanol–water partition coefficient (Wildman–Crippen LogP) is -33.3. The van der Waals surface area contributed by atoms with Gasteiger partial charge in [-0.1, -0.05) is 0 Å². The molecule has 2 saturated carbocycles. The number of aliphatic hydroxyl groups excluding tert-OH is 49. The van der Waals surface area contributed by atoms with Gasteiger partial charge in [0.2, 0.25) is 5.79 Å². The van der Waals surface area contributed by atoms with E-state index in [1.165, 1.54) is 0 Å². The number of aliphatic hydroxyl groups is 49. The van der Waals surface area contributed by atoms with Crippen molar-refractivity contribution in [2.45, 2.75) is 393 Å². The van der Waals surface area contributed by atoms with E-state index in [9.17, 15) is 225 Å². The Morgan fingerprint density at radius 2 is 0.483 bits per heavy atom. The van der Waals surface area contributed by atoms with Crippen LogP contribution in [0.15, 0.2) is 0 Å². The molecule has 11 aliphatic heterocycles. The van der Waals surface area contributed by atoms with Crippen LogP contribution < -0.4 is 11.5 Å². The fraction of sp³-hybridized carbons (Fsp3) is 1.00. The molecule has 13 rings (SSSR count). The zero-order valence-electron chi connectivity index (χ0n) is 78.6. The van der Waals surface area contributed by atoms with E-state index in [1.807, 2.05) is 0 Å². The second-order valence-electron chi connectivity index (χ2n) is 37.2. The third-order valence-electron chi connectivity index (χ3n) is 27.2. The van der Waals surface area contributed by atoms with Crippen LogP contribution in [0, 0.1) is 11.8 Å². The molecule has 64 atom stereocenters. The molecular formula is C80H148N2O67. The Kier molecular flexibility index (Phi) is 52.1. The van der Waals surface area contributed by atoms with Crippen molar-refractivity contribution < 1.29 is 335 Å². The highest BCUT2D eigenvalue weighted by Crippen LogP contribution is 2.41. The van der Waals surface area contributed by atoms with Crippen molar-refractivity contribution in [2.75, 3.05) is 92.5 Å². The molecule has 0 aromatic carbocycles. The highest BCUT2D eigenvalue weighted by atomic mass is 16.8. The smallest absolute Gasteiger partial charge is 0.221 e. The highest BCUT2D eigenvalue weighted by Gasteiger charge is 2.61. The zero-order chi connectivity index (χ0) is 112. The number of rotatable bonds is 28. The third-order valence-corrected chi connectivity index (χ3v) is 27.2. The van der Waals surface area contributed by atoms with Gasteiger partial charge in [0.05, 0.1) is 116 Å². The molecule has 0 aromatic rings. The van der Waals surface area contributed by atoms with Crippen molar-refractivity contribution in [1.82, 2.24) is 0 Å². The minimum atomic E-state index is -2.23. The van der Waals surface area contributed by atoms with E-state index in [-0.39, 0.29) is 12.8 Å². The van der Waals surface area contributed by atoms with Crippen LogP contribution in [0.4, 0.5) is 0 Å². The molecule has 0 radical (unpaired) electrons. The van der Waals surface area contributed by atoms with Crippen molar-refractivity contribution in [3.8, 4) is 0 Å². The Balaban J connectivity index is 0.000000219. The van der Waals surface area contributed by atoms with Gasteiger partial charge in [-0.25, -0.2) is 0 Å². The summed E-state index contributed by atoms with van der Waals surface area (Å²) in [5.74, 6) is -3.95. The number of hydrogen-bond donors (Lipinski definition) is 51. The fourth-order valence-corrected chi connectivity index (χ4v) is 17.7. The van der Waals surface area contributed by atoms with Gasteiger partial charge in [-0.3, -0.25) is 0 Å². The van der Waals surface area contributed by atoms with Crippen LogP contribution in [0.2, 0.25) is 0 Å². The maximum Gasteiger partial charge on any atom is 0.221 e. The van der Waals surface area contributed by atoms with E-state index in [2.05, 4.69) is 0 Å². The molecule has 13 fully saturated rings. The largest absolute Gasteiger partial charge is 0.396 e. The lowest BCUT2D eigenvalue weighted by Gasteiger charge is -2.45. The summed E-state index contributed by atoms with van der Waals surface area (Å²) in [6.45, 7) is -8.78. The van der Waals surface area contributed by atoms with E-state index < -0.39 is 484 Å². The summed E-state index contributed by atoms with van der Waals surface area (Å²) < 4.78 is 93.4. The van der Waals surface area contributed by atoms with E-state index in [4.69, 9.17) is 122 Å². The van der Waals surface area contributed by atoms with E-state index >= 15 is 0 Å². The molecule has 69 heteroatoms. The summed E-state index contributed by atoms with van der Waals surface area (Å²) in [4.78, 5) is 0. The second-order valence-corrected chi connectivity index (χ2v) is 37.2. The molecule has 2 aliphatic carbocycles. The summed E-state index contributed by atoms with van der Waals surface area (Å²) in [5, 5.41) is 473. The van der Waals surface area contributed by atoms with Gasteiger partial charge in [0.25, 0.3) is 0 Å². The van der Waals surface area contributed by atoms with Crippen molar-refractivity contribution in [3.05, 3.63) is 0 Å². The van der Waals surface area contributed by atoms with E-state index in [0.29, 0.717) is 0 Å². The fourth-order valence-electron chi connectivity index (χ4n) is 17.7. The van der Waals surface area contributed by atoms with E-state index in [1.54, 1.807) is 0 Å². The van der Waals surface area contributed by atoms with Crippen LogP contribution in [0.3, 0.4) is 0 Å². The molecule has 53 N–H and O–H groups in total. The first-order valence-corrected chi connectivity index (χ1v) is 46.8. The molecule has 69 nitrogen and oxygen atoms in total. The van der Waals surface area contributed by atoms with Crippen molar-refractivity contribution in [1.29, 1.82) is 0 Å². The Bertz CT molecular complexity index is 3520. The van der Waals surface area contributed by atoms with Gasteiger partial charge in [-0.15, -0.1) is 0 Å². The van der Waals surface area contributed by atoms with Gasteiger partial charge in [-0.05, 0) is 12.8 Å². The van der Waals surface area contributed by atoms with Crippen LogP contribution in [0.1, 0.15) is 12.8 Å². The quantitative estimate of drug-likeness (QED) is 0.0346. The second kappa shape index (κ2) is 59.0. The Morgan fingerprint density at radius 1 is 0.201 bits per heavy atom. The van der Waals surface area contributed by atoms with Gasteiger partial charge in [0, 0.05) is 18.4 Å². The molecule has 2 unspecified atom stereocenters. The van der Waals surface area contributed by atoms with E-state index in [0.717, 1.165) is 0 Å². The first-order valence-electron chi connectivity index (χ1n) is 46.8. The Morgan fingerprint density at radius 3 is 0.859 bits per heavy atom. The average Bonchev–Trinajstić information content (AvgIpc) is 1.61. The highest BCUT2D eigenvalue weighted by molar-refractivity contribution is 5.05. The lowest BCUT2D eigenvalue weighted by molar-refractivity contribution is -0.376. The average molecular weight is 2210 g/mol. The van der Waals surface area contributed by atoms with Gasteiger partial charge >= 0.3 is 0 Å². The van der Waals surface area contributed by atoms with Crippen LogP contribution >= 0.6 is 0 Å². The molecule has 0 aromatic heterocycles. The maximum atomic E-state index is 10.4. The summed E-state index contributed by atoms with van der Waals surface area (Å²) in [6.07, 6.45) is -88.8. The molecule has 149 heavy (non-hydrogen) atoms. The molecule has 13 aliphatic rings. The summed E-state index contributed by atoms with van der Waals surface area (Å²) in [5.41, 5.74) is 11.3. The lowest BCUT2D eigenvalue weighted by atomic mass is 9.81. The van der Waals surface area contributed by atoms with Gasteiger partial charge in [-0.2, -0.15) is 0 Å². The first kappa shape index (κ1) is 131. The molecule has 0 bridgehead atoms. The SMILES string of the molecule is N[C@@H]1[C@@H](O)[C@H](O[C@@H]2O[C@H](CO)[C@@H](O)[C@H](O)[C@H]2N)[C@@H](CO)O[C@H]1O.OC[C@H]1C[C@@H](O[C@H]2[C@H](O)[C@@H](O)[C@H](O)O[C@@H]2CO)[C@H](O)[C@@H](O)[C@@H]1O.OC[C@H]1OC(OC[C@H]2CC(O[C@]3(CO)O[C@H](CO)[C@@H](O)[C@@H]3O)[C@H](O)[C@@H](O)[C@@H]2O)[C@H](O)[C@@H](O)[C@H]1O.OC[C@H]1O[C@@H](OC[C@H]2O[C@@H](O)[C@H](O)[C@@H](O)[C@@H]2O)[C@H](O)[C@@H](O)[C@@H]1O.OC[C@H]1O[C@@H](O[C@H]2[C@H](O)[C@@H](O)[C@@H](O)O[C@@H]2CO)[C@H](O)[C@@H](O)[C@H]1O.OC[C@H]1O[C@H](O[C@H]2O[C@H](CO)[C@@H](O)[C@H](O)[C@H]2O)[C@@H](O)[C@@H](O)[C@@H]1O. The summed E-state index contributed by atoms with van der Waals surface area (Å²) in [6, 6.07) is -2.37. The van der Waals surface area contributed by atoms with Gasteiger partial charge < -0.3 is 347 Å². The minimum absolute atomic E-state index is 0.0179. The normalized spacial score (nSPS) is 51.8. The molecule has 11 saturated heterocycles. The molecule has 11 heterocycles. The molecule has 0 amide bonds. The topological polar surface area (TPSA) is 1210 Å². The number of ether oxygens (including phenoxy) is 18.